The molecule has 2 aromatic rings. The fourth-order valence-electron chi connectivity index (χ4n) is 3.69. The Bertz CT molecular complexity index is 1060. The fourth-order valence-corrected chi connectivity index (χ4v) is 3.69. The number of nitrogens with zero attached hydrogens (tertiary/aromatic N) is 3. The summed E-state index contributed by atoms with van der Waals surface area (Å²) in [7, 11) is 1.55. The Balaban J connectivity index is 1.61. The van der Waals surface area contributed by atoms with Crippen LogP contribution < -0.4 is 14.8 Å². The normalized spacial score (nSPS) is 16.7. The first kappa shape index (κ1) is 21.6. The summed E-state index contributed by atoms with van der Waals surface area (Å²) in [5.41, 5.74) is 1.61. The minimum Gasteiger partial charge on any atom is -0.454 e. The predicted molar refractivity (Wildman–Crippen MR) is 116 cm³/mol. The monoisotopic (exact) mass is 440 g/mol. The van der Waals surface area contributed by atoms with E-state index in [-0.39, 0.29) is 25.3 Å². The van der Waals surface area contributed by atoms with E-state index in [4.69, 9.17) is 9.47 Å². The average Bonchev–Trinajstić information content (AvgIpc) is 3.44. The van der Waals surface area contributed by atoms with Gasteiger partial charge in [-0.15, -0.1) is 0 Å². The Hall–Kier alpha value is -3.62. The van der Waals surface area contributed by atoms with Crippen molar-refractivity contribution >= 4 is 17.6 Å². The number of urea groups is 1. The van der Waals surface area contributed by atoms with Gasteiger partial charge in [0.15, 0.2) is 11.5 Å². The number of ether oxygens (including phenoxy) is 2. The minimum absolute atomic E-state index is 0.140. The number of carbonyl (C=O) groups excluding carboxylic acids is 2. The molecule has 3 amide bonds. The fraction of sp³-hybridized carbons (Fsp3) is 0.348. The van der Waals surface area contributed by atoms with E-state index in [9.17, 15) is 14.0 Å². The van der Waals surface area contributed by atoms with Gasteiger partial charge in [-0.05, 0) is 30.2 Å². The molecule has 168 valence electrons. The summed E-state index contributed by atoms with van der Waals surface area (Å²) in [6.45, 7) is 2.45. The molecule has 1 N–H and O–H groups in total. The van der Waals surface area contributed by atoms with Gasteiger partial charge >= 0.3 is 6.03 Å². The van der Waals surface area contributed by atoms with Crippen molar-refractivity contribution in [1.82, 2.24) is 15.2 Å². The van der Waals surface area contributed by atoms with Crippen LogP contribution in [-0.4, -0.2) is 54.5 Å². The second-order valence-corrected chi connectivity index (χ2v) is 7.69. The largest absolute Gasteiger partial charge is 0.454 e. The van der Waals surface area contributed by atoms with Gasteiger partial charge in [-0.3, -0.25) is 4.79 Å². The van der Waals surface area contributed by atoms with Crippen molar-refractivity contribution in [2.24, 2.45) is 5.10 Å². The van der Waals surface area contributed by atoms with Crippen LogP contribution in [0.15, 0.2) is 47.6 Å². The Morgan fingerprint density at radius 1 is 1.22 bits per heavy atom. The number of hydrazone groups is 1. The molecule has 0 bridgehead atoms. The maximum Gasteiger partial charge on any atom is 0.317 e. The standard InChI is InChI=1S/C23H25FN4O4/c1-3-10-25-23(30)27(2)13-22(29)28-19(15-8-9-20-21(11-15)32-14-31-20)12-18(26-28)16-6-4-5-7-17(16)24/h4-9,11,19H,3,10,12-14H2,1-2H3,(H,25,30). The Kier molecular flexibility index (Phi) is 6.25. The lowest BCUT2D eigenvalue weighted by Crippen LogP contribution is -2.43. The number of nitrogens with one attached hydrogen (secondary N) is 1. The lowest BCUT2D eigenvalue weighted by molar-refractivity contribution is -0.133. The number of benzene rings is 2. The first-order valence-corrected chi connectivity index (χ1v) is 10.5. The molecule has 0 aliphatic carbocycles. The molecule has 0 fully saturated rings. The van der Waals surface area contributed by atoms with Gasteiger partial charge in [0.2, 0.25) is 6.79 Å². The maximum absolute atomic E-state index is 14.4. The van der Waals surface area contributed by atoms with Crippen molar-refractivity contribution in [3.8, 4) is 11.5 Å². The molecule has 9 heteroatoms. The lowest BCUT2D eigenvalue weighted by atomic mass is 9.97. The van der Waals surface area contributed by atoms with Crippen LogP contribution in [0.5, 0.6) is 11.5 Å². The summed E-state index contributed by atoms with van der Waals surface area (Å²) >= 11 is 0. The maximum atomic E-state index is 14.4. The number of hydrogen-bond donors (Lipinski definition) is 1. The molecular formula is C23H25FN4O4. The Morgan fingerprint density at radius 2 is 2.00 bits per heavy atom. The molecule has 0 saturated heterocycles. The number of hydrogen-bond acceptors (Lipinski definition) is 5. The molecule has 8 nitrogen and oxygen atoms in total. The van der Waals surface area contributed by atoms with Crippen molar-refractivity contribution in [2.75, 3.05) is 26.9 Å². The van der Waals surface area contributed by atoms with Gasteiger partial charge in [0.1, 0.15) is 12.4 Å². The van der Waals surface area contributed by atoms with Crippen molar-refractivity contribution in [1.29, 1.82) is 0 Å². The second-order valence-electron chi connectivity index (χ2n) is 7.69. The first-order chi connectivity index (χ1) is 15.5. The number of fused-ring (bicyclic) bond motifs is 1. The number of halogens is 1. The third-order valence-electron chi connectivity index (χ3n) is 5.38. The number of likely N-dealkylation sites (N-methyl/N-ethyl adjacent to an activating group) is 1. The van der Waals surface area contributed by atoms with E-state index in [1.807, 2.05) is 19.1 Å². The van der Waals surface area contributed by atoms with Crippen molar-refractivity contribution in [3.05, 3.63) is 59.4 Å². The van der Waals surface area contributed by atoms with E-state index in [0.717, 1.165) is 12.0 Å². The number of amides is 3. The van der Waals surface area contributed by atoms with Crippen LogP contribution in [0, 0.1) is 5.82 Å². The zero-order valence-electron chi connectivity index (χ0n) is 18.0. The van der Waals surface area contributed by atoms with Crippen LogP contribution in [0.25, 0.3) is 0 Å². The molecule has 0 radical (unpaired) electrons. The predicted octanol–water partition coefficient (Wildman–Crippen LogP) is 3.28. The lowest BCUT2D eigenvalue weighted by Gasteiger charge is -2.25. The average molecular weight is 440 g/mol. The van der Waals surface area contributed by atoms with E-state index in [0.29, 0.717) is 35.7 Å². The van der Waals surface area contributed by atoms with Gasteiger partial charge in [-0.1, -0.05) is 31.2 Å². The number of rotatable bonds is 6. The highest BCUT2D eigenvalue weighted by molar-refractivity contribution is 6.03. The van der Waals surface area contributed by atoms with E-state index in [1.165, 1.54) is 16.0 Å². The van der Waals surface area contributed by atoms with Crippen molar-refractivity contribution in [2.45, 2.75) is 25.8 Å². The summed E-state index contributed by atoms with van der Waals surface area (Å²) in [5, 5.41) is 8.55. The molecule has 2 heterocycles. The van der Waals surface area contributed by atoms with Crippen LogP contribution in [0.3, 0.4) is 0 Å². The highest BCUT2D eigenvalue weighted by atomic mass is 19.1. The zero-order chi connectivity index (χ0) is 22.7. The minimum atomic E-state index is -0.460. The van der Waals surface area contributed by atoms with E-state index >= 15 is 0 Å². The Morgan fingerprint density at radius 3 is 2.78 bits per heavy atom. The SMILES string of the molecule is CCCNC(=O)N(C)CC(=O)N1N=C(c2ccccc2F)CC1c1ccc2c(c1)OCO2. The van der Waals surface area contributed by atoms with Crippen LogP contribution >= 0.6 is 0 Å². The Labute approximate surface area is 185 Å². The third-order valence-corrected chi connectivity index (χ3v) is 5.38. The highest BCUT2D eigenvalue weighted by Crippen LogP contribution is 2.39. The molecule has 1 atom stereocenters. The van der Waals surface area contributed by atoms with Crippen molar-refractivity contribution in [3.63, 3.8) is 0 Å². The quantitative estimate of drug-likeness (QED) is 0.747. The summed E-state index contributed by atoms with van der Waals surface area (Å²) in [4.78, 5) is 26.7. The topological polar surface area (TPSA) is 83.5 Å². The zero-order valence-corrected chi connectivity index (χ0v) is 18.0. The molecule has 2 aromatic carbocycles. The molecular weight excluding hydrogens is 415 g/mol. The summed E-state index contributed by atoms with van der Waals surface area (Å²) in [6, 6.07) is 11.0. The molecule has 0 aromatic heterocycles. The molecule has 1 unspecified atom stereocenters. The molecule has 0 spiro atoms. The molecule has 2 aliphatic heterocycles. The van der Waals surface area contributed by atoms with Gasteiger partial charge in [0.05, 0.1) is 11.8 Å². The van der Waals surface area contributed by atoms with Crippen LogP contribution in [0.1, 0.15) is 36.9 Å². The van der Waals surface area contributed by atoms with Gasteiger partial charge in [-0.25, -0.2) is 14.2 Å². The first-order valence-electron chi connectivity index (χ1n) is 10.5. The van der Waals surface area contributed by atoms with Crippen molar-refractivity contribution < 1.29 is 23.5 Å². The van der Waals surface area contributed by atoms with Crippen LogP contribution in [0.4, 0.5) is 9.18 Å². The van der Waals surface area contributed by atoms with Gasteiger partial charge in [0, 0.05) is 25.6 Å². The molecule has 4 rings (SSSR count). The number of carbonyl (C=O) groups is 2. The van der Waals surface area contributed by atoms with E-state index < -0.39 is 11.9 Å². The van der Waals surface area contributed by atoms with Gasteiger partial charge in [-0.2, -0.15) is 5.10 Å². The molecule has 0 saturated carbocycles. The summed E-state index contributed by atoms with van der Waals surface area (Å²) < 4.78 is 25.3. The second kappa shape index (κ2) is 9.25. The molecule has 2 aliphatic rings. The van der Waals surface area contributed by atoms with E-state index in [1.54, 1.807) is 31.3 Å². The third kappa shape index (κ3) is 4.37. The van der Waals surface area contributed by atoms with Gasteiger partial charge in [0.25, 0.3) is 5.91 Å². The summed E-state index contributed by atoms with van der Waals surface area (Å²) in [5.74, 6) is 0.451. The summed E-state index contributed by atoms with van der Waals surface area (Å²) in [6.07, 6.45) is 1.13. The van der Waals surface area contributed by atoms with Crippen LogP contribution in [-0.2, 0) is 4.79 Å². The smallest absolute Gasteiger partial charge is 0.317 e. The molecule has 32 heavy (non-hydrogen) atoms. The van der Waals surface area contributed by atoms with Crippen LogP contribution in [0.2, 0.25) is 0 Å². The van der Waals surface area contributed by atoms with E-state index in [2.05, 4.69) is 10.4 Å². The van der Waals surface area contributed by atoms with Gasteiger partial charge < -0.3 is 19.7 Å². The highest BCUT2D eigenvalue weighted by Gasteiger charge is 2.35.